The number of halogens is 6. The molecule has 0 spiro atoms. The van der Waals surface area contributed by atoms with Crippen LogP contribution in [0.2, 0.25) is 0 Å². The van der Waals surface area contributed by atoms with Crippen molar-refractivity contribution in [2.45, 2.75) is 6.18 Å². The molecular weight excluding hydrogens is 630 g/mol. The lowest BCUT2D eigenvalue weighted by Gasteiger charge is -2.20. The van der Waals surface area contributed by atoms with Crippen LogP contribution in [0, 0.1) is 17.5 Å². The van der Waals surface area contributed by atoms with Crippen LogP contribution in [0.25, 0.3) is 87.2 Å². The van der Waals surface area contributed by atoms with E-state index in [1.54, 1.807) is 6.07 Å². The van der Waals surface area contributed by atoms with Crippen LogP contribution in [0.5, 0.6) is 0 Å². The average molecular weight is 653 g/mol. The summed E-state index contributed by atoms with van der Waals surface area (Å²) in [5.41, 5.74) is 3.62. The van der Waals surface area contributed by atoms with Gasteiger partial charge in [0.05, 0.1) is 5.56 Å². The van der Waals surface area contributed by atoms with Gasteiger partial charge in [-0.15, -0.1) is 0 Å². The fourth-order valence-corrected chi connectivity index (χ4v) is 7.54. The minimum Gasteiger partial charge on any atom is -0.204 e. The summed E-state index contributed by atoms with van der Waals surface area (Å²) < 4.78 is 83.0. The van der Waals surface area contributed by atoms with E-state index in [1.165, 1.54) is 12.1 Å². The van der Waals surface area contributed by atoms with Gasteiger partial charge in [-0.25, -0.2) is 13.2 Å². The maximum absolute atomic E-state index is 14.4. The summed E-state index contributed by atoms with van der Waals surface area (Å²) in [4.78, 5) is 0. The maximum Gasteiger partial charge on any atom is 0.416 e. The second-order valence-electron chi connectivity index (χ2n) is 12.3. The molecule has 49 heavy (non-hydrogen) atoms. The van der Waals surface area contributed by atoms with Gasteiger partial charge >= 0.3 is 6.18 Å². The molecule has 0 saturated heterocycles. The highest BCUT2D eigenvalue weighted by atomic mass is 19.4. The van der Waals surface area contributed by atoms with Crippen LogP contribution in [0.15, 0.2) is 133 Å². The Morgan fingerprint density at radius 1 is 0.388 bits per heavy atom. The Morgan fingerprint density at radius 2 is 0.837 bits per heavy atom. The van der Waals surface area contributed by atoms with Crippen molar-refractivity contribution in [3.8, 4) is 33.4 Å². The minimum absolute atomic E-state index is 0.241. The molecule has 0 N–H and O–H groups in total. The standard InChI is InChI=1S/C43H22F6/c44-36-21-26(22-37(45)42(36)46)28-17-11-24-13-19-34-35(20-14-25-12-18-33(28)39(24)40(25)34)41-31-7-3-1-5-29(31)38(30-6-2-4-8-32(30)41)23-9-15-27(16-10-23)43(47,48)49/h1-22H. The van der Waals surface area contributed by atoms with E-state index in [-0.39, 0.29) is 5.56 Å². The molecule has 6 heteroatoms. The Kier molecular flexibility index (Phi) is 6.31. The molecule has 236 valence electrons. The van der Waals surface area contributed by atoms with Crippen molar-refractivity contribution in [1.29, 1.82) is 0 Å². The van der Waals surface area contributed by atoms with E-state index in [2.05, 4.69) is 18.2 Å². The highest BCUT2D eigenvalue weighted by Crippen LogP contribution is 2.48. The monoisotopic (exact) mass is 652 g/mol. The number of benzene rings is 9. The van der Waals surface area contributed by atoms with Gasteiger partial charge in [0.25, 0.3) is 0 Å². The van der Waals surface area contributed by atoms with Gasteiger partial charge in [0, 0.05) is 0 Å². The lowest BCUT2D eigenvalue weighted by molar-refractivity contribution is -0.137. The van der Waals surface area contributed by atoms with Gasteiger partial charge in [-0.2, -0.15) is 13.2 Å². The summed E-state index contributed by atoms with van der Waals surface area (Å²) in [7, 11) is 0. The number of hydrogen-bond acceptors (Lipinski definition) is 0. The molecule has 0 saturated carbocycles. The summed E-state index contributed by atoms with van der Waals surface area (Å²) >= 11 is 0. The van der Waals surface area contributed by atoms with Crippen molar-refractivity contribution in [2.24, 2.45) is 0 Å². The highest BCUT2D eigenvalue weighted by Gasteiger charge is 2.30. The summed E-state index contributed by atoms with van der Waals surface area (Å²) in [6.45, 7) is 0. The molecule has 9 aromatic rings. The summed E-state index contributed by atoms with van der Waals surface area (Å²) in [5, 5.41) is 9.31. The molecule has 0 radical (unpaired) electrons. The summed E-state index contributed by atoms with van der Waals surface area (Å²) in [6.07, 6.45) is -4.44. The molecule has 0 aliphatic heterocycles. The molecule has 9 rings (SSSR count). The van der Waals surface area contributed by atoms with Gasteiger partial charge in [-0.3, -0.25) is 0 Å². The van der Waals surface area contributed by atoms with Crippen LogP contribution in [0.4, 0.5) is 26.3 Å². The van der Waals surface area contributed by atoms with Gasteiger partial charge in [0.2, 0.25) is 0 Å². The van der Waals surface area contributed by atoms with Crippen LogP contribution in [0.3, 0.4) is 0 Å². The third-order valence-corrected chi connectivity index (χ3v) is 9.66. The number of fused-ring (bicyclic) bond motifs is 2. The number of alkyl halides is 3. The second-order valence-corrected chi connectivity index (χ2v) is 12.3. The Bertz CT molecular complexity index is 2700. The zero-order valence-corrected chi connectivity index (χ0v) is 25.5. The SMILES string of the molecule is Fc1cc(-c2ccc3ccc4c(-c5c6ccccc6c(-c6ccc(C(F)(F)F)cc6)c6ccccc56)ccc5ccc2c3c54)cc(F)c1F. The molecule has 0 unspecified atom stereocenters. The van der Waals surface area contributed by atoms with Gasteiger partial charge in [0.15, 0.2) is 17.5 Å². The molecule has 0 aliphatic carbocycles. The zero-order chi connectivity index (χ0) is 33.6. The lowest BCUT2D eigenvalue weighted by atomic mass is 9.83. The Labute approximate surface area is 275 Å². The molecule has 0 fully saturated rings. The normalized spacial score (nSPS) is 12.3. The molecule has 0 bridgehead atoms. The number of rotatable bonds is 3. The first-order valence-electron chi connectivity index (χ1n) is 15.7. The Hall–Kier alpha value is -5.88. The van der Waals surface area contributed by atoms with Gasteiger partial charge in [-0.05, 0) is 112 Å². The summed E-state index contributed by atoms with van der Waals surface area (Å²) in [5.74, 6) is -4.00. The Morgan fingerprint density at radius 3 is 1.35 bits per heavy atom. The molecule has 0 aromatic heterocycles. The van der Waals surface area contributed by atoms with E-state index in [0.717, 1.165) is 94.8 Å². The molecule has 0 heterocycles. The molecule has 0 aliphatic rings. The van der Waals surface area contributed by atoms with Gasteiger partial charge in [-0.1, -0.05) is 109 Å². The zero-order valence-electron chi connectivity index (χ0n) is 25.5. The van der Waals surface area contributed by atoms with Crippen molar-refractivity contribution in [1.82, 2.24) is 0 Å². The largest absolute Gasteiger partial charge is 0.416 e. The van der Waals surface area contributed by atoms with Crippen molar-refractivity contribution in [2.75, 3.05) is 0 Å². The third-order valence-electron chi connectivity index (χ3n) is 9.66. The van der Waals surface area contributed by atoms with Crippen LogP contribution < -0.4 is 0 Å². The molecule has 0 atom stereocenters. The fraction of sp³-hybridized carbons (Fsp3) is 0.0233. The first kappa shape index (κ1) is 29.3. The van der Waals surface area contributed by atoms with E-state index in [0.29, 0.717) is 11.1 Å². The van der Waals surface area contributed by atoms with Crippen molar-refractivity contribution in [3.05, 3.63) is 156 Å². The second kappa shape index (κ2) is 10.6. The average Bonchev–Trinajstić information content (AvgIpc) is 3.11. The predicted molar refractivity (Wildman–Crippen MR) is 186 cm³/mol. The molecule has 0 nitrogen and oxygen atoms in total. The first-order valence-corrected chi connectivity index (χ1v) is 15.7. The van der Waals surface area contributed by atoms with Gasteiger partial charge in [0.1, 0.15) is 0 Å². The topological polar surface area (TPSA) is 0 Å². The van der Waals surface area contributed by atoms with Gasteiger partial charge < -0.3 is 0 Å². The highest BCUT2D eigenvalue weighted by molar-refractivity contribution is 6.30. The molecule has 9 aromatic carbocycles. The van der Waals surface area contributed by atoms with E-state index >= 15 is 0 Å². The third kappa shape index (κ3) is 4.40. The lowest BCUT2D eigenvalue weighted by Crippen LogP contribution is -2.04. The summed E-state index contributed by atoms with van der Waals surface area (Å²) in [6, 6.07) is 39.1. The molecular formula is C43H22F6. The van der Waals surface area contributed by atoms with Crippen LogP contribution in [-0.4, -0.2) is 0 Å². The van der Waals surface area contributed by atoms with Crippen molar-refractivity contribution < 1.29 is 26.3 Å². The fourth-order valence-electron chi connectivity index (χ4n) is 7.54. The maximum atomic E-state index is 14.4. The molecule has 0 amide bonds. The first-order chi connectivity index (χ1) is 23.7. The van der Waals surface area contributed by atoms with Crippen molar-refractivity contribution in [3.63, 3.8) is 0 Å². The minimum atomic E-state index is -4.44. The smallest absolute Gasteiger partial charge is 0.204 e. The number of hydrogen-bond donors (Lipinski definition) is 0. The van der Waals surface area contributed by atoms with Crippen LogP contribution in [0.1, 0.15) is 5.56 Å². The van der Waals surface area contributed by atoms with E-state index in [1.807, 2.05) is 72.8 Å². The van der Waals surface area contributed by atoms with Crippen molar-refractivity contribution >= 4 is 53.9 Å². The Balaban J connectivity index is 1.35. The van der Waals surface area contributed by atoms with E-state index < -0.39 is 29.2 Å². The van der Waals surface area contributed by atoms with E-state index in [4.69, 9.17) is 0 Å². The quantitative estimate of drug-likeness (QED) is 0.0771. The predicted octanol–water partition coefficient (Wildman–Crippen LogP) is 13.3. The van der Waals surface area contributed by atoms with Crippen LogP contribution in [-0.2, 0) is 6.18 Å². The van der Waals surface area contributed by atoms with E-state index in [9.17, 15) is 26.3 Å². The van der Waals surface area contributed by atoms with Crippen LogP contribution >= 0.6 is 0 Å².